The Hall–Kier alpha value is -3.46. The lowest BCUT2D eigenvalue weighted by molar-refractivity contribution is 0.0552. The Morgan fingerprint density at radius 1 is 1.16 bits per heavy atom. The second-order valence-electron chi connectivity index (χ2n) is 10.8. The largest absolute Gasteiger partial charge is 0.401 e. The molecule has 0 radical (unpaired) electrons. The van der Waals surface area contributed by atoms with Crippen molar-refractivity contribution in [2.45, 2.75) is 45.3 Å². The number of allylic oxidation sites excluding steroid dienone is 1. The third-order valence-electron chi connectivity index (χ3n) is 7.55. The molecule has 38 heavy (non-hydrogen) atoms. The minimum Gasteiger partial charge on any atom is -0.401 e. The summed E-state index contributed by atoms with van der Waals surface area (Å²) in [5.41, 5.74) is 10.4. The number of nitrogens with two attached hydrogens (primary N) is 2. The predicted octanol–water partition coefficient (Wildman–Crippen LogP) is 5.02. The van der Waals surface area contributed by atoms with Gasteiger partial charge in [0.15, 0.2) is 0 Å². The number of aliphatic hydroxyl groups is 1. The van der Waals surface area contributed by atoms with E-state index in [9.17, 15) is 5.11 Å². The summed E-state index contributed by atoms with van der Waals surface area (Å²) in [7, 11) is 1.65. The highest BCUT2D eigenvalue weighted by Crippen LogP contribution is 2.42. The van der Waals surface area contributed by atoms with Crippen LogP contribution in [0.5, 0.6) is 0 Å². The van der Waals surface area contributed by atoms with Crippen molar-refractivity contribution in [1.82, 2.24) is 14.6 Å². The number of hydrazine groups is 1. The molecule has 2 aromatic carbocycles. The summed E-state index contributed by atoms with van der Waals surface area (Å²) in [5.74, 6) is 5.96. The maximum Gasteiger partial charge on any atom is 0.133 e. The zero-order chi connectivity index (χ0) is 27.2. The SMILES string of the molecule is C/C(N)=C(\c1cc2c(cc1F)c1ncc(C(C)(C)O)cc1n2C(c1ccccc1)C1CCOCC1)N(C)N. The van der Waals surface area contributed by atoms with Crippen LogP contribution in [0.2, 0.25) is 0 Å². The quantitative estimate of drug-likeness (QED) is 0.245. The van der Waals surface area contributed by atoms with Crippen LogP contribution in [0, 0.1) is 11.7 Å². The third kappa shape index (κ3) is 4.64. The molecule has 3 heterocycles. The smallest absolute Gasteiger partial charge is 0.133 e. The van der Waals surface area contributed by atoms with Crippen molar-refractivity contribution in [3.63, 3.8) is 0 Å². The predicted molar refractivity (Wildman–Crippen MR) is 149 cm³/mol. The number of pyridine rings is 1. The van der Waals surface area contributed by atoms with Crippen molar-refractivity contribution in [3.8, 4) is 0 Å². The number of halogens is 1. The summed E-state index contributed by atoms with van der Waals surface area (Å²) in [4.78, 5) is 4.76. The molecule has 1 atom stereocenters. The normalized spacial score (nSPS) is 16.6. The first-order chi connectivity index (χ1) is 18.1. The highest BCUT2D eigenvalue weighted by atomic mass is 19.1. The van der Waals surface area contributed by atoms with E-state index in [1.54, 1.807) is 34.0 Å². The van der Waals surface area contributed by atoms with Gasteiger partial charge in [0.2, 0.25) is 0 Å². The molecule has 1 aliphatic heterocycles. The highest BCUT2D eigenvalue weighted by molar-refractivity contribution is 6.07. The van der Waals surface area contributed by atoms with Crippen molar-refractivity contribution in [3.05, 3.63) is 82.9 Å². The van der Waals surface area contributed by atoms with E-state index in [1.807, 2.05) is 30.3 Å². The lowest BCUT2D eigenvalue weighted by Crippen LogP contribution is -2.28. The van der Waals surface area contributed by atoms with E-state index in [-0.39, 0.29) is 12.0 Å². The van der Waals surface area contributed by atoms with Crippen LogP contribution in [0.4, 0.5) is 4.39 Å². The Kier molecular flexibility index (Phi) is 6.90. The molecule has 1 aliphatic rings. The van der Waals surface area contributed by atoms with Gasteiger partial charge in [-0.05, 0) is 63.3 Å². The van der Waals surface area contributed by atoms with Crippen LogP contribution in [0.1, 0.15) is 56.3 Å². The summed E-state index contributed by atoms with van der Waals surface area (Å²) in [6, 6.07) is 15.7. The number of rotatable bonds is 6. The van der Waals surface area contributed by atoms with Crippen LogP contribution in [-0.4, -0.2) is 39.9 Å². The van der Waals surface area contributed by atoms with Crippen molar-refractivity contribution >= 4 is 27.6 Å². The van der Waals surface area contributed by atoms with Gasteiger partial charge in [-0.2, -0.15) is 0 Å². The van der Waals surface area contributed by atoms with Gasteiger partial charge in [-0.1, -0.05) is 30.3 Å². The van der Waals surface area contributed by atoms with Crippen LogP contribution in [0.3, 0.4) is 0 Å². The minimum absolute atomic E-state index is 0.0562. The van der Waals surface area contributed by atoms with E-state index in [0.717, 1.165) is 29.4 Å². The number of benzene rings is 2. The van der Waals surface area contributed by atoms with Crippen molar-refractivity contribution < 1.29 is 14.2 Å². The molecular weight excluding hydrogens is 481 g/mol. The van der Waals surface area contributed by atoms with Gasteiger partial charge in [0.25, 0.3) is 0 Å². The average Bonchev–Trinajstić information content (AvgIpc) is 3.17. The molecule has 5 N–H and O–H groups in total. The van der Waals surface area contributed by atoms with E-state index < -0.39 is 11.4 Å². The Labute approximate surface area is 222 Å². The number of hydrogen-bond acceptors (Lipinski definition) is 6. The summed E-state index contributed by atoms with van der Waals surface area (Å²) in [6.45, 7) is 6.58. The van der Waals surface area contributed by atoms with E-state index >= 15 is 4.39 Å². The lowest BCUT2D eigenvalue weighted by Gasteiger charge is -2.33. The molecule has 5 rings (SSSR count). The summed E-state index contributed by atoms with van der Waals surface area (Å²) < 4.78 is 23.7. The maximum absolute atomic E-state index is 15.7. The van der Waals surface area contributed by atoms with Gasteiger partial charge in [-0.15, -0.1) is 0 Å². The van der Waals surface area contributed by atoms with Crippen LogP contribution < -0.4 is 11.6 Å². The topological polar surface area (TPSA) is 103 Å². The Morgan fingerprint density at radius 2 is 1.84 bits per heavy atom. The zero-order valence-corrected chi connectivity index (χ0v) is 22.4. The second kappa shape index (κ2) is 10.0. The molecule has 0 bridgehead atoms. The van der Waals surface area contributed by atoms with Crippen molar-refractivity contribution in [2.75, 3.05) is 20.3 Å². The van der Waals surface area contributed by atoms with Gasteiger partial charge in [0.1, 0.15) is 5.82 Å². The zero-order valence-electron chi connectivity index (χ0n) is 22.4. The Morgan fingerprint density at radius 3 is 2.45 bits per heavy atom. The van der Waals surface area contributed by atoms with Crippen LogP contribution in [-0.2, 0) is 10.3 Å². The molecule has 7 nitrogen and oxygen atoms in total. The number of aromatic nitrogens is 2. The highest BCUT2D eigenvalue weighted by Gasteiger charge is 2.31. The molecule has 1 fully saturated rings. The summed E-state index contributed by atoms with van der Waals surface area (Å²) in [6.07, 6.45) is 3.46. The molecule has 0 spiro atoms. The molecule has 200 valence electrons. The monoisotopic (exact) mass is 517 g/mol. The van der Waals surface area contributed by atoms with Gasteiger partial charge in [-0.25, -0.2) is 10.2 Å². The van der Waals surface area contributed by atoms with Crippen molar-refractivity contribution in [2.24, 2.45) is 17.5 Å². The third-order valence-corrected chi connectivity index (χ3v) is 7.55. The Balaban J connectivity index is 1.91. The molecule has 1 unspecified atom stereocenters. The number of nitrogens with zero attached hydrogens (tertiary/aromatic N) is 3. The maximum atomic E-state index is 15.7. The standard InChI is InChI=1S/C30H36FN5O2/c1-18(32)28(35(4)33)22-16-25-23(15-24(22)31)27-26(14-21(17-34-27)30(2,3)37)36(25)29(19-8-6-5-7-9-19)20-10-12-38-13-11-20/h5-9,14-17,20,29,37H,10-13,32-33H2,1-4H3/b28-18-. The summed E-state index contributed by atoms with van der Waals surface area (Å²) >= 11 is 0. The molecule has 4 aromatic rings. The fourth-order valence-corrected chi connectivity index (χ4v) is 5.74. The van der Waals surface area contributed by atoms with E-state index in [0.29, 0.717) is 46.6 Å². The lowest BCUT2D eigenvalue weighted by atomic mass is 9.86. The van der Waals surface area contributed by atoms with Gasteiger partial charge in [0.05, 0.1) is 33.9 Å². The van der Waals surface area contributed by atoms with E-state index in [4.69, 9.17) is 21.3 Å². The first-order valence-electron chi connectivity index (χ1n) is 13.0. The van der Waals surface area contributed by atoms with Crippen LogP contribution in [0.25, 0.3) is 27.6 Å². The first kappa shape index (κ1) is 26.2. The van der Waals surface area contributed by atoms with Gasteiger partial charge in [-0.3, -0.25) is 4.98 Å². The number of hydrogen-bond donors (Lipinski definition) is 3. The molecule has 2 aromatic heterocycles. The molecule has 0 aliphatic carbocycles. The van der Waals surface area contributed by atoms with Crippen molar-refractivity contribution in [1.29, 1.82) is 0 Å². The molecular formula is C30H36FN5O2. The van der Waals surface area contributed by atoms with E-state index in [2.05, 4.69) is 16.7 Å². The average molecular weight is 518 g/mol. The molecule has 8 heteroatoms. The first-order valence-corrected chi connectivity index (χ1v) is 13.0. The second-order valence-corrected chi connectivity index (χ2v) is 10.8. The number of ether oxygens (including phenoxy) is 1. The molecule has 0 amide bonds. The van der Waals surface area contributed by atoms with E-state index in [1.165, 1.54) is 11.1 Å². The van der Waals surface area contributed by atoms with Gasteiger partial charge in [0, 0.05) is 48.7 Å². The fourth-order valence-electron chi connectivity index (χ4n) is 5.74. The fraction of sp³-hybridized carbons (Fsp3) is 0.367. The Bertz CT molecular complexity index is 1490. The van der Waals surface area contributed by atoms with Gasteiger partial charge >= 0.3 is 0 Å². The van der Waals surface area contributed by atoms with Crippen LogP contribution in [0.15, 0.2) is 60.4 Å². The van der Waals surface area contributed by atoms with Gasteiger partial charge < -0.3 is 25.2 Å². The summed E-state index contributed by atoms with van der Waals surface area (Å²) in [5, 5.41) is 12.9. The molecule has 1 saturated heterocycles. The minimum atomic E-state index is -1.09. The van der Waals surface area contributed by atoms with Crippen LogP contribution >= 0.6 is 0 Å². The molecule has 0 saturated carbocycles. The number of fused-ring (bicyclic) bond motifs is 3.